The van der Waals surface area contributed by atoms with E-state index in [1.807, 2.05) is 0 Å². The lowest BCUT2D eigenvalue weighted by atomic mass is 10.2. The second-order valence-electron chi connectivity index (χ2n) is 4.97. The number of halogens is 1. The number of benzene rings is 1. The second-order valence-corrected chi connectivity index (χ2v) is 4.97. The zero-order valence-corrected chi connectivity index (χ0v) is 12.6. The van der Waals surface area contributed by atoms with Gasteiger partial charge in [-0.05, 0) is 18.4 Å². The molecule has 0 heterocycles. The maximum Gasteiger partial charge on any atom is 0.0783 e. The van der Waals surface area contributed by atoms with Gasteiger partial charge in [0.15, 0.2) is 0 Å². The molecular weight excluding hydrogens is 309 g/mol. The fraction of sp³-hybridized carbons (Fsp3) is 0.429. The Balaban J connectivity index is 0.00000225. The lowest BCUT2D eigenvalue weighted by Crippen LogP contribution is -3.00. The van der Waals surface area contributed by atoms with Gasteiger partial charge >= 0.3 is 0 Å². The maximum absolute atomic E-state index is 2.27. The molecule has 0 aliphatic carbocycles. The highest BCUT2D eigenvalue weighted by molar-refractivity contribution is 5.48. The summed E-state index contributed by atoms with van der Waals surface area (Å²) in [5.41, 5.74) is 1.29. The average molecular weight is 331 g/mol. The molecule has 90 valence electrons. The molecule has 1 aromatic rings. The van der Waals surface area contributed by atoms with E-state index < -0.39 is 0 Å². The predicted octanol–water partition coefficient (Wildman–Crippen LogP) is 0.190. The average Bonchev–Trinajstić information content (AvgIpc) is 2.17. The summed E-state index contributed by atoms with van der Waals surface area (Å²) in [5, 5.41) is 0. The number of unbranched alkanes of at least 4 members (excludes halogenated alkanes) is 1. The van der Waals surface area contributed by atoms with Crippen molar-refractivity contribution in [3.8, 4) is 0 Å². The van der Waals surface area contributed by atoms with Gasteiger partial charge in [-0.2, -0.15) is 0 Å². The van der Waals surface area contributed by atoms with Crippen molar-refractivity contribution in [2.45, 2.75) is 12.8 Å². The van der Waals surface area contributed by atoms with Gasteiger partial charge < -0.3 is 28.5 Å². The molecule has 1 nitrogen and oxygen atoms in total. The fourth-order valence-corrected chi connectivity index (χ4v) is 1.47. The van der Waals surface area contributed by atoms with E-state index in [1.165, 1.54) is 24.9 Å². The summed E-state index contributed by atoms with van der Waals surface area (Å²) in [7, 11) is 6.71. The Labute approximate surface area is 117 Å². The monoisotopic (exact) mass is 331 g/mol. The van der Waals surface area contributed by atoms with Gasteiger partial charge in [-0.1, -0.05) is 42.5 Å². The van der Waals surface area contributed by atoms with E-state index in [2.05, 4.69) is 63.6 Å². The van der Waals surface area contributed by atoms with Crippen molar-refractivity contribution in [2.24, 2.45) is 0 Å². The van der Waals surface area contributed by atoms with Crippen molar-refractivity contribution in [1.82, 2.24) is 0 Å². The smallest absolute Gasteiger partial charge is 0.0783 e. The van der Waals surface area contributed by atoms with Crippen LogP contribution in [0.4, 0.5) is 0 Å². The van der Waals surface area contributed by atoms with E-state index in [4.69, 9.17) is 0 Å². The van der Waals surface area contributed by atoms with Crippen molar-refractivity contribution in [3.63, 3.8) is 0 Å². The fourth-order valence-electron chi connectivity index (χ4n) is 1.47. The van der Waals surface area contributed by atoms with Gasteiger partial charge in [-0.15, -0.1) is 0 Å². The van der Waals surface area contributed by atoms with Crippen LogP contribution in [0.5, 0.6) is 0 Å². The van der Waals surface area contributed by atoms with Gasteiger partial charge in [0.25, 0.3) is 0 Å². The standard InChI is InChI=1S/C14H22N.HI/c1-15(2,3)13-9-5-8-12-14-10-6-4-7-11-14;/h4,6-8,10-12H,5,9,13H2,1-3H3;1H/q+1;/p-1/b12-8+;. The molecule has 0 fully saturated rings. The van der Waals surface area contributed by atoms with E-state index in [-0.39, 0.29) is 24.0 Å². The van der Waals surface area contributed by atoms with Gasteiger partial charge in [0.05, 0.1) is 27.7 Å². The molecule has 0 saturated heterocycles. The van der Waals surface area contributed by atoms with Crippen LogP contribution in [-0.2, 0) is 0 Å². The summed E-state index contributed by atoms with van der Waals surface area (Å²) in [4.78, 5) is 0. The topological polar surface area (TPSA) is 0 Å². The van der Waals surface area contributed by atoms with Crippen LogP contribution in [-0.4, -0.2) is 32.2 Å². The highest BCUT2D eigenvalue weighted by Crippen LogP contribution is 2.04. The molecule has 0 aliphatic heterocycles. The molecule has 0 atom stereocenters. The minimum Gasteiger partial charge on any atom is -1.00 e. The first-order valence-corrected chi connectivity index (χ1v) is 5.60. The first kappa shape index (κ1) is 15.7. The molecule has 0 spiro atoms. The number of rotatable bonds is 5. The summed E-state index contributed by atoms with van der Waals surface area (Å²) in [6.07, 6.45) is 6.90. The van der Waals surface area contributed by atoms with E-state index in [0.29, 0.717) is 0 Å². The second kappa shape index (κ2) is 7.85. The van der Waals surface area contributed by atoms with E-state index in [0.717, 1.165) is 4.48 Å². The van der Waals surface area contributed by atoms with Crippen LogP contribution in [0.25, 0.3) is 6.08 Å². The van der Waals surface area contributed by atoms with E-state index in [1.54, 1.807) is 0 Å². The molecule has 1 rings (SSSR count). The van der Waals surface area contributed by atoms with Crippen molar-refractivity contribution in [1.29, 1.82) is 0 Å². The third kappa shape index (κ3) is 7.88. The van der Waals surface area contributed by atoms with Crippen LogP contribution in [0, 0.1) is 0 Å². The Kier molecular flexibility index (Phi) is 7.68. The quantitative estimate of drug-likeness (QED) is 0.411. The van der Waals surface area contributed by atoms with Crippen LogP contribution in [0.2, 0.25) is 0 Å². The predicted molar refractivity (Wildman–Crippen MR) is 67.6 cm³/mol. The molecule has 0 saturated carbocycles. The van der Waals surface area contributed by atoms with Gasteiger partial charge in [-0.3, -0.25) is 0 Å². The highest BCUT2D eigenvalue weighted by Gasteiger charge is 2.03. The lowest BCUT2D eigenvalue weighted by Gasteiger charge is -2.23. The summed E-state index contributed by atoms with van der Waals surface area (Å²) in [5.74, 6) is 0. The third-order valence-corrected chi connectivity index (χ3v) is 2.31. The molecule has 0 N–H and O–H groups in total. The van der Waals surface area contributed by atoms with Gasteiger partial charge in [0, 0.05) is 0 Å². The van der Waals surface area contributed by atoms with Crippen LogP contribution < -0.4 is 24.0 Å². The molecule has 0 radical (unpaired) electrons. The number of quaternary nitrogens is 1. The molecule has 16 heavy (non-hydrogen) atoms. The first-order chi connectivity index (χ1) is 7.08. The lowest BCUT2D eigenvalue weighted by molar-refractivity contribution is -0.870. The molecule has 0 bridgehead atoms. The third-order valence-electron chi connectivity index (χ3n) is 2.31. The van der Waals surface area contributed by atoms with Crippen molar-refractivity contribution >= 4 is 6.08 Å². The summed E-state index contributed by atoms with van der Waals surface area (Å²) in [6, 6.07) is 10.5. The Morgan fingerprint density at radius 3 is 2.25 bits per heavy atom. The molecule has 2 heteroatoms. The van der Waals surface area contributed by atoms with Crippen molar-refractivity contribution in [2.75, 3.05) is 27.7 Å². The Bertz CT molecular complexity index is 298. The van der Waals surface area contributed by atoms with Gasteiger partial charge in [0.1, 0.15) is 0 Å². The minimum atomic E-state index is 0. The normalized spacial score (nSPS) is 11.4. The summed E-state index contributed by atoms with van der Waals surface area (Å²) < 4.78 is 1.05. The molecule has 0 aromatic heterocycles. The first-order valence-electron chi connectivity index (χ1n) is 5.60. The maximum atomic E-state index is 2.27. The van der Waals surface area contributed by atoms with E-state index in [9.17, 15) is 0 Å². The molecule has 0 unspecified atom stereocenters. The van der Waals surface area contributed by atoms with Crippen molar-refractivity contribution in [3.05, 3.63) is 42.0 Å². The van der Waals surface area contributed by atoms with Crippen LogP contribution in [0.15, 0.2) is 36.4 Å². The number of hydrogen-bond donors (Lipinski definition) is 0. The zero-order valence-electron chi connectivity index (χ0n) is 10.5. The van der Waals surface area contributed by atoms with E-state index >= 15 is 0 Å². The zero-order chi connectivity index (χ0) is 11.1. The SMILES string of the molecule is C[N+](C)(C)CCC/C=C/c1ccccc1.[I-]. The molecule has 0 aliphatic rings. The number of hydrogen-bond acceptors (Lipinski definition) is 0. The van der Waals surface area contributed by atoms with Crippen LogP contribution in [0.3, 0.4) is 0 Å². The van der Waals surface area contributed by atoms with Gasteiger partial charge in [-0.25, -0.2) is 0 Å². The summed E-state index contributed by atoms with van der Waals surface area (Å²) >= 11 is 0. The Hall–Kier alpha value is -0.350. The molecular formula is C14H22IN. The van der Waals surface area contributed by atoms with Crippen molar-refractivity contribution < 1.29 is 28.5 Å². The largest absolute Gasteiger partial charge is 1.00 e. The summed E-state index contributed by atoms with van der Waals surface area (Å²) in [6.45, 7) is 1.24. The molecule has 1 aromatic carbocycles. The minimum absolute atomic E-state index is 0. The Morgan fingerprint density at radius 2 is 1.69 bits per heavy atom. The number of nitrogens with zero attached hydrogens (tertiary/aromatic N) is 1. The van der Waals surface area contributed by atoms with Crippen LogP contribution >= 0.6 is 0 Å². The number of allylic oxidation sites excluding steroid dienone is 1. The van der Waals surface area contributed by atoms with Gasteiger partial charge in [0.2, 0.25) is 0 Å². The van der Waals surface area contributed by atoms with Crippen LogP contribution in [0.1, 0.15) is 18.4 Å². The Morgan fingerprint density at radius 1 is 1.06 bits per heavy atom. The molecule has 0 amide bonds. The highest BCUT2D eigenvalue weighted by atomic mass is 127.